The van der Waals surface area contributed by atoms with Gasteiger partial charge in [0.05, 0.1) is 11.5 Å². The lowest BCUT2D eigenvalue weighted by atomic mass is 10.2. The minimum absolute atomic E-state index is 0.127. The number of nitro groups is 1. The number of amides is 1. The molecule has 5 nitrogen and oxygen atoms in total. The van der Waals surface area contributed by atoms with E-state index in [1.165, 1.54) is 24.3 Å². The average Bonchev–Trinajstić information content (AvgIpc) is 2.26. The molecule has 0 saturated carbocycles. The predicted octanol–water partition coefficient (Wildman–Crippen LogP) is 2.08. The van der Waals surface area contributed by atoms with Gasteiger partial charge in [-0.3, -0.25) is 14.9 Å². The Morgan fingerprint density at radius 2 is 2.25 bits per heavy atom. The predicted molar refractivity (Wildman–Crippen MR) is 60.4 cm³/mol. The molecule has 0 aliphatic heterocycles. The Hall–Kier alpha value is -1.88. The van der Waals surface area contributed by atoms with E-state index in [0.717, 1.165) is 0 Å². The van der Waals surface area contributed by atoms with E-state index in [1.807, 2.05) is 0 Å². The van der Waals surface area contributed by atoms with Gasteiger partial charge >= 0.3 is 0 Å². The maximum Gasteiger partial charge on any atom is 0.270 e. The van der Waals surface area contributed by atoms with Crippen LogP contribution in [0.15, 0.2) is 35.9 Å². The number of carbonyl (C=O) groups excluding carboxylic acids is 1. The topological polar surface area (TPSA) is 72.2 Å². The smallest absolute Gasteiger partial charge is 0.270 e. The van der Waals surface area contributed by atoms with Crippen LogP contribution >= 0.6 is 11.6 Å². The van der Waals surface area contributed by atoms with Crippen LogP contribution in [0.2, 0.25) is 0 Å². The monoisotopic (exact) mass is 240 g/mol. The van der Waals surface area contributed by atoms with Crippen LogP contribution in [0.4, 0.5) is 5.69 Å². The Morgan fingerprint density at radius 1 is 1.56 bits per heavy atom. The zero-order valence-corrected chi connectivity index (χ0v) is 9.03. The molecule has 0 saturated heterocycles. The number of halogens is 1. The molecule has 0 heterocycles. The van der Waals surface area contributed by atoms with E-state index in [9.17, 15) is 14.9 Å². The van der Waals surface area contributed by atoms with Crippen molar-refractivity contribution in [2.45, 2.75) is 0 Å². The summed E-state index contributed by atoms with van der Waals surface area (Å²) in [6, 6.07) is 5.45. The molecule has 0 aliphatic rings. The second kappa shape index (κ2) is 5.27. The molecule has 16 heavy (non-hydrogen) atoms. The highest BCUT2D eigenvalue weighted by Gasteiger charge is 2.10. The zero-order valence-electron chi connectivity index (χ0n) is 8.27. The maximum absolute atomic E-state index is 11.5. The van der Waals surface area contributed by atoms with E-state index in [-0.39, 0.29) is 17.8 Å². The molecule has 1 amide bonds. The van der Waals surface area contributed by atoms with Crippen LogP contribution in [0, 0.1) is 10.1 Å². The molecule has 1 rings (SSSR count). The standard InChI is InChI=1S/C10H9ClN2O3/c1-7(11)6-12-10(14)8-3-2-4-9(5-8)13(15)16/h2-5H,1,6H2,(H,12,14). The first kappa shape index (κ1) is 12.2. The van der Waals surface area contributed by atoms with E-state index >= 15 is 0 Å². The minimum atomic E-state index is -0.558. The normalized spacial score (nSPS) is 9.56. The third-order valence-electron chi connectivity index (χ3n) is 1.76. The average molecular weight is 241 g/mol. The summed E-state index contributed by atoms with van der Waals surface area (Å²) < 4.78 is 0. The summed E-state index contributed by atoms with van der Waals surface area (Å²) >= 11 is 5.47. The maximum atomic E-state index is 11.5. The van der Waals surface area contributed by atoms with Crippen molar-refractivity contribution >= 4 is 23.2 Å². The van der Waals surface area contributed by atoms with Crippen LogP contribution in [0.5, 0.6) is 0 Å². The van der Waals surface area contributed by atoms with Gasteiger partial charge in [0.2, 0.25) is 0 Å². The third kappa shape index (κ3) is 3.36. The molecule has 1 N–H and O–H groups in total. The lowest BCUT2D eigenvalue weighted by Gasteiger charge is -2.03. The largest absolute Gasteiger partial charge is 0.347 e. The van der Waals surface area contributed by atoms with Gasteiger partial charge in [-0.25, -0.2) is 0 Å². The molecular formula is C10H9ClN2O3. The Morgan fingerprint density at radius 3 is 2.81 bits per heavy atom. The van der Waals surface area contributed by atoms with Crippen molar-refractivity contribution in [1.82, 2.24) is 5.32 Å². The quantitative estimate of drug-likeness (QED) is 0.647. The summed E-state index contributed by atoms with van der Waals surface area (Å²) in [5.41, 5.74) is 0.0875. The molecule has 84 valence electrons. The van der Waals surface area contributed by atoms with Crippen molar-refractivity contribution < 1.29 is 9.72 Å². The SMILES string of the molecule is C=C(Cl)CNC(=O)c1cccc([N+](=O)[O-])c1. The first-order chi connectivity index (χ1) is 7.50. The van der Waals surface area contributed by atoms with E-state index < -0.39 is 10.8 Å². The van der Waals surface area contributed by atoms with Crippen molar-refractivity contribution in [3.05, 3.63) is 51.6 Å². The van der Waals surface area contributed by atoms with Gasteiger partial charge in [0.1, 0.15) is 0 Å². The summed E-state index contributed by atoms with van der Waals surface area (Å²) in [5.74, 6) is -0.425. The molecule has 0 radical (unpaired) electrons. The first-order valence-electron chi connectivity index (χ1n) is 4.36. The fraction of sp³-hybridized carbons (Fsp3) is 0.100. The number of hydrogen-bond donors (Lipinski definition) is 1. The van der Waals surface area contributed by atoms with E-state index in [1.54, 1.807) is 0 Å². The minimum Gasteiger partial charge on any atom is -0.347 e. The first-order valence-corrected chi connectivity index (χ1v) is 4.74. The van der Waals surface area contributed by atoms with Gasteiger partial charge in [-0.05, 0) is 6.07 Å². The molecule has 0 atom stereocenters. The third-order valence-corrected chi connectivity index (χ3v) is 1.89. The van der Waals surface area contributed by atoms with Gasteiger partial charge < -0.3 is 5.32 Å². The molecule has 0 spiro atoms. The van der Waals surface area contributed by atoms with E-state index in [4.69, 9.17) is 11.6 Å². The molecule has 6 heteroatoms. The summed E-state index contributed by atoms with van der Waals surface area (Å²) in [6.07, 6.45) is 0. The molecular weight excluding hydrogens is 232 g/mol. The van der Waals surface area contributed by atoms with Crippen molar-refractivity contribution in [3.63, 3.8) is 0 Å². The Bertz CT molecular complexity index is 445. The second-order valence-electron chi connectivity index (χ2n) is 3.01. The summed E-state index contributed by atoms with van der Waals surface area (Å²) in [5, 5.41) is 13.2. The lowest BCUT2D eigenvalue weighted by Crippen LogP contribution is -2.24. The van der Waals surface area contributed by atoms with Gasteiger partial charge in [0, 0.05) is 22.7 Å². The molecule has 0 bridgehead atoms. The van der Waals surface area contributed by atoms with Crippen LogP contribution in [0.3, 0.4) is 0 Å². The zero-order chi connectivity index (χ0) is 12.1. The van der Waals surface area contributed by atoms with Crippen LogP contribution in [-0.2, 0) is 0 Å². The van der Waals surface area contributed by atoms with Gasteiger partial charge in [0.15, 0.2) is 0 Å². The fourth-order valence-corrected chi connectivity index (χ4v) is 1.11. The Balaban J connectivity index is 2.79. The van der Waals surface area contributed by atoms with Crippen LogP contribution in [0.1, 0.15) is 10.4 Å². The number of benzene rings is 1. The molecule has 1 aromatic carbocycles. The van der Waals surface area contributed by atoms with Crippen molar-refractivity contribution in [1.29, 1.82) is 0 Å². The van der Waals surface area contributed by atoms with E-state index in [0.29, 0.717) is 5.03 Å². The number of non-ortho nitro benzene ring substituents is 1. The van der Waals surface area contributed by atoms with Crippen LogP contribution in [0.25, 0.3) is 0 Å². The molecule has 0 unspecified atom stereocenters. The van der Waals surface area contributed by atoms with Crippen LogP contribution in [-0.4, -0.2) is 17.4 Å². The van der Waals surface area contributed by atoms with Gasteiger partial charge in [-0.2, -0.15) is 0 Å². The lowest BCUT2D eigenvalue weighted by molar-refractivity contribution is -0.384. The van der Waals surface area contributed by atoms with Crippen molar-refractivity contribution in [3.8, 4) is 0 Å². The second-order valence-corrected chi connectivity index (χ2v) is 3.54. The summed E-state index contributed by atoms with van der Waals surface area (Å²) in [4.78, 5) is 21.4. The number of nitrogens with one attached hydrogen (secondary N) is 1. The van der Waals surface area contributed by atoms with Gasteiger partial charge in [0.25, 0.3) is 11.6 Å². The molecule has 0 aliphatic carbocycles. The number of nitro benzene ring substituents is 1. The van der Waals surface area contributed by atoms with E-state index in [2.05, 4.69) is 11.9 Å². The number of carbonyl (C=O) groups is 1. The summed E-state index contributed by atoms with van der Waals surface area (Å²) in [6.45, 7) is 3.54. The Labute approximate surface area is 96.9 Å². The highest BCUT2D eigenvalue weighted by molar-refractivity contribution is 6.29. The molecule has 1 aromatic rings. The number of hydrogen-bond acceptors (Lipinski definition) is 3. The van der Waals surface area contributed by atoms with Crippen molar-refractivity contribution in [2.24, 2.45) is 0 Å². The molecule has 0 aromatic heterocycles. The van der Waals surface area contributed by atoms with Crippen LogP contribution < -0.4 is 5.32 Å². The Kier molecular flexibility index (Phi) is 4.02. The molecule has 0 fully saturated rings. The van der Waals surface area contributed by atoms with Gasteiger partial charge in [-0.1, -0.05) is 24.2 Å². The van der Waals surface area contributed by atoms with Crippen molar-refractivity contribution in [2.75, 3.05) is 6.54 Å². The van der Waals surface area contributed by atoms with Gasteiger partial charge in [-0.15, -0.1) is 0 Å². The number of nitrogens with zero attached hydrogens (tertiary/aromatic N) is 1. The highest BCUT2D eigenvalue weighted by atomic mass is 35.5. The fourth-order valence-electron chi connectivity index (χ4n) is 1.04. The number of rotatable bonds is 4. The summed E-state index contributed by atoms with van der Waals surface area (Å²) in [7, 11) is 0. The highest BCUT2D eigenvalue weighted by Crippen LogP contribution is 2.12.